The molecule has 1 radical (unpaired) electrons. The maximum Gasteiger partial charge on any atom is 0.121 e. The highest BCUT2D eigenvalue weighted by atomic mass is 16.3. The number of phenols is 1. The summed E-state index contributed by atoms with van der Waals surface area (Å²) < 4.78 is 0. The first-order valence-electron chi connectivity index (χ1n) is 5.21. The van der Waals surface area contributed by atoms with Crippen LogP contribution in [-0.2, 0) is 5.54 Å². The van der Waals surface area contributed by atoms with E-state index in [0.29, 0.717) is 0 Å². The summed E-state index contributed by atoms with van der Waals surface area (Å²) in [5, 5.41) is 9.72. The van der Waals surface area contributed by atoms with Crippen LogP contribution in [0.3, 0.4) is 0 Å². The highest BCUT2D eigenvalue weighted by molar-refractivity contribution is 5.37. The maximum absolute atomic E-state index is 9.72. The molecule has 0 heterocycles. The molecule has 0 unspecified atom stereocenters. The Labute approximate surface area is 84.7 Å². The minimum atomic E-state index is -0.344. The number of benzene rings is 1. The van der Waals surface area contributed by atoms with Gasteiger partial charge in [-0.1, -0.05) is 31.4 Å². The molecule has 0 aromatic heterocycles. The molecule has 0 bridgehead atoms. The zero-order chi connectivity index (χ0) is 10.0. The molecular formula is C12H16NO. The van der Waals surface area contributed by atoms with Crippen LogP contribution in [0.1, 0.15) is 37.7 Å². The number of hydrogen-bond donors (Lipinski definition) is 2. The Kier molecular flexibility index (Phi) is 2.46. The molecular weight excluding hydrogens is 174 g/mol. The second-order valence-corrected chi connectivity index (χ2v) is 4.15. The fourth-order valence-electron chi connectivity index (χ4n) is 2.26. The van der Waals surface area contributed by atoms with Gasteiger partial charge in [0.25, 0.3) is 0 Å². The monoisotopic (exact) mass is 190 g/mol. The highest BCUT2D eigenvalue weighted by Crippen LogP contribution is 2.38. The van der Waals surface area contributed by atoms with E-state index in [-0.39, 0.29) is 11.3 Å². The van der Waals surface area contributed by atoms with Gasteiger partial charge in [0.2, 0.25) is 0 Å². The molecule has 2 nitrogen and oxygen atoms in total. The van der Waals surface area contributed by atoms with Crippen molar-refractivity contribution in [2.45, 2.75) is 37.6 Å². The molecule has 1 saturated carbocycles. The van der Waals surface area contributed by atoms with Crippen molar-refractivity contribution < 1.29 is 5.11 Å². The number of hydrogen-bond acceptors (Lipinski definition) is 2. The Morgan fingerprint density at radius 3 is 2.64 bits per heavy atom. The van der Waals surface area contributed by atoms with E-state index < -0.39 is 0 Å². The van der Waals surface area contributed by atoms with Crippen LogP contribution in [0.25, 0.3) is 0 Å². The first-order valence-corrected chi connectivity index (χ1v) is 5.21. The van der Waals surface area contributed by atoms with Crippen molar-refractivity contribution in [2.24, 2.45) is 5.73 Å². The van der Waals surface area contributed by atoms with E-state index in [1.54, 1.807) is 12.1 Å². The van der Waals surface area contributed by atoms with Crippen molar-refractivity contribution in [1.29, 1.82) is 0 Å². The molecule has 75 valence electrons. The summed E-state index contributed by atoms with van der Waals surface area (Å²) in [6, 6.07) is 8.36. The quantitative estimate of drug-likeness (QED) is 0.713. The van der Waals surface area contributed by atoms with Crippen molar-refractivity contribution in [3.8, 4) is 5.75 Å². The lowest BCUT2D eigenvalue weighted by Crippen LogP contribution is -2.38. The predicted molar refractivity (Wildman–Crippen MR) is 55.9 cm³/mol. The fraction of sp³-hybridized carbons (Fsp3) is 0.500. The number of phenolic OH excluding ortho intramolecular Hbond substituents is 1. The lowest BCUT2D eigenvalue weighted by Gasteiger charge is -2.34. The van der Waals surface area contributed by atoms with Gasteiger partial charge in [-0.3, -0.25) is 0 Å². The third-order valence-corrected chi connectivity index (χ3v) is 3.08. The average molecular weight is 190 g/mol. The zero-order valence-electron chi connectivity index (χ0n) is 8.29. The van der Waals surface area contributed by atoms with Gasteiger partial charge in [0.1, 0.15) is 5.75 Å². The first kappa shape index (κ1) is 9.53. The second-order valence-electron chi connectivity index (χ2n) is 4.15. The van der Waals surface area contributed by atoms with E-state index in [2.05, 4.69) is 6.07 Å². The standard InChI is InChI=1S/C12H16NO/c13-12(8-4-1-5-9-12)10-6-2-3-7-11(10)14/h2-3,7,14H,1,4-5,8-9,13H2. The van der Waals surface area contributed by atoms with E-state index in [9.17, 15) is 5.11 Å². The van der Waals surface area contributed by atoms with Crippen molar-refractivity contribution in [3.05, 3.63) is 29.8 Å². The molecule has 3 N–H and O–H groups in total. The summed E-state index contributed by atoms with van der Waals surface area (Å²) in [5.74, 6) is 0.289. The molecule has 0 saturated heterocycles. The summed E-state index contributed by atoms with van der Waals surface area (Å²) in [5.41, 5.74) is 6.74. The topological polar surface area (TPSA) is 46.2 Å². The minimum absolute atomic E-state index is 0.289. The van der Waals surface area contributed by atoms with Gasteiger partial charge in [0, 0.05) is 11.1 Å². The molecule has 0 aliphatic heterocycles. The van der Waals surface area contributed by atoms with Gasteiger partial charge in [-0.15, -0.1) is 0 Å². The average Bonchev–Trinajstić information content (AvgIpc) is 2.19. The van der Waals surface area contributed by atoms with Crippen LogP contribution in [0.5, 0.6) is 5.75 Å². The third kappa shape index (κ3) is 1.62. The molecule has 0 spiro atoms. The molecule has 0 atom stereocenters. The lowest BCUT2D eigenvalue weighted by molar-refractivity contribution is 0.292. The summed E-state index contributed by atoms with van der Waals surface area (Å²) >= 11 is 0. The molecule has 2 heteroatoms. The van der Waals surface area contributed by atoms with Gasteiger partial charge in [0.15, 0.2) is 0 Å². The van der Waals surface area contributed by atoms with Crippen LogP contribution in [0.2, 0.25) is 0 Å². The molecule has 1 aromatic carbocycles. The number of aromatic hydroxyl groups is 1. The molecule has 2 rings (SSSR count). The largest absolute Gasteiger partial charge is 0.508 e. The van der Waals surface area contributed by atoms with Crippen LogP contribution in [-0.4, -0.2) is 5.11 Å². The molecule has 1 aliphatic rings. The van der Waals surface area contributed by atoms with Crippen LogP contribution in [0, 0.1) is 6.07 Å². The van der Waals surface area contributed by atoms with E-state index in [0.717, 1.165) is 31.2 Å². The van der Waals surface area contributed by atoms with E-state index >= 15 is 0 Å². The summed E-state index contributed by atoms with van der Waals surface area (Å²) in [4.78, 5) is 0. The van der Waals surface area contributed by atoms with Gasteiger partial charge in [-0.2, -0.15) is 0 Å². The summed E-state index contributed by atoms with van der Waals surface area (Å²) in [6.45, 7) is 0. The van der Waals surface area contributed by atoms with Gasteiger partial charge < -0.3 is 10.8 Å². The number of nitrogens with two attached hydrogens (primary N) is 1. The maximum atomic E-state index is 9.72. The summed E-state index contributed by atoms with van der Waals surface area (Å²) in [6.07, 6.45) is 5.48. The van der Waals surface area contributed by atoms with Gasteiger partial charge in [-0.05, 0) is 25.0 Å². The SMILES string of the molecule is NC1(c2[c]cccc2O)CCCCC1. The van der Waals surface area contributed by atoms with E-state index in [4.69, 9.17) is 5.73 Å². The van der Waals surface area contributed by atoms with Gasteiger partial charge >= 0.3 is 0 Å². The van der Waals surface area contributed by atoms with Crippen LogP contribution < -0.4 is 5.73 Å². The molecule has 1 aromatic rings. The van der Waals surface area contributed by atoms with Crippen LogP contribution >= 0.6 is 0 Å². The zero-order valence-corrected chi connectivity index (χ0v) is 8.29. The third-order valence-electron chi connectivity index (χ3n) is 3.08. The van der Waals surface area contributed by atoms with E-state index in [1.807, 2.05) is 6.07 Å². The Morgan fingerprint density at radius 1 is 1.29 bits per heavy atom. The number of rotatable bonds is 1. The molecule has 1 aliphatic carbocycles. The van der Waals surface area contributed by atoms with Crippen LogP contribution in [0.4, 0.5) is 0 Å². The van der Waals surface area contributed by atoms with Gasteiger partial charge in [0.05, 0.1) is 0 Å². The molecule has 0 amide bonds. The van der Waals surface area contributed by atoms with Crippen molar-refractivity contribution in [3.63, 3.8) is 0 Å². The molecule has 14 heavy (non-hydrogen) atoms. The van der Waals surface area contributed by atoms with Gasteiger partial charge in [-0.25, -0.2) is 0 Å². The van der Waals surface area contributed by atoms with Crippen LogP contribution in [0.15, 0.2) is 18.2 Å². The van der Waals surface area contributed by atoms with Crippen molar-refractivity contribution in [1.82, 2.24) is 0 Å². The normalized spacial score (nSPS) is 20.6. The molecule has 1 fully saturated rings. The Bertz CT molecular complexity index is 316. The minimum Gasteiger partial charge on any atom is -0.508 e. The summed E-state index contributed by atoms with van der Waals surface area (Å²) in [7, 11) is 0. The second kappa shape index (κ2) is 3.62. The van der Waals surface area contributed by atoms with Crippen molar-refractivity contribution >= 4 is 0 Å². The predicted octanol–water partition coefficient (Wildman–Crippen LogP) is 2.31. The Morgan fingerprint density at radius 2 is 2.00 bits per heavy atom. The first-order chi connectivity index (χ1) is 6.72. The lowest BCUT2D eigenvalue weighted by atomic mass is 9.77. The Hall–Kier alpha value is -1.02. The highest BCUT2D eigenvalue weighted by Gasteiger charge is 2.31. The van der Waals surface area contributed by atoms with Crippen molar-refractivity contribution in [2.75, 3.05) is 0 Å². The van der Waals surface area contributed by atoms with E-state index in [1.165, 1.54) is 6.42 Å². The Balaban J connectivity index is 2.32. The fourth-order valence-corrected chi connectivity index (χ4v) is 2.26. The smallest absolute Gasteiger partial charge is 0.121 e.